The van der Waals surface area contributed by atoms with Crippen LogP contribution in [0.15, 0.2) is 30.7 Å². The monoisotopic (exact) mass is 517 g/mol. The first-order valence-electron chi connectivity index (χ1n) is 11.4. The molecule has 0 saturated carbocycles. The highest BCUT2D eigenvalue weighted by Crippen LogP contribution is 2.35. The van der Waals surface area contributed by atoms with E-state index in [1.54, 1.807) is 5.32 Å². The van der Waals surface area contributed by atoms with Crippen LogP contribution in [0.1, 0.15) is 41.7 Å². The third-order valence-electron chi connectivity index (χ3n) is 5.90. The molecule has 3 heterocycles. The molecule has 2 aromatic heterocycles. The molecule has 0 radical (unpaired) electrons. The van der Waals surface area contributed by atoms with Crippen LogP contribution in [0.4, 0.5) is 45.5 Å². The molecule has 1 aliphatic heterocycles. The molecule has 0 saturated heterocycles. The summed E-state index contributed by atoms with van der Waals surface area (Å²) in [4.78, 5) is 26.1. The van der Waals surface area contributed by atoms with Crippen LogP contribution in [-0.4, -0.2) is 39.3 Å². The van der Waals surface area contributed by atoms with E-state index in [1.807, 2.05) is 13.8 Å². The van der Waals surface area contributed by atoms with Gasteiger partial charge in [0.15, 0.2) is 0 Å². The van der Waals surface area contributed by atoms with Gasteiger partial charge < -0.3 is 5.73 Å². The van der Waals surface area contributed by atoms with E-state index in [1.165, 1.54) is 30.3 Å². The molecule has 0 fully saturated rings. The first kappa shape index (κ1) is 25.9. The van der Waals surface area contributed by atoms with Crippen molar-refractivity contribution in [1.29, 1.82) is 5.41 Å². The Morgan fingerprint density at radius 2 is 1.97 bits per heavy atom. The topological polar surface area (TPSA) is 137 Å². The average Bonchev–Trinajstić information content (AvgIpc) is 3.24. The van der Waals surface area contributed by atoms with Crippen molar-refractivity contribution in [2.24, 2.45) is 0 Å². The summed E-state index contributed by atoms with van der Waals surface area (Å²) in [5, 5.41) is 12.8. The molecule has 0 bridgehead atoms. The molecule has 9 nitrogen and oxygen atoms in total. The third-order valence-corrected chi connectivity index (χ3v) is 5.90. The second-order valence-corrected chi connectivity index (χ2v) is 8.94. The fourth-order valence-electron chi connectivity index (χ4n) is 4.17. The molecule has 2 amide bonds. The molecular formula is C24H25F4N8O+. The molecule has 194 valence electrons. The Kier molecular flexibility index (Phi) is 6.82. The number of hydrogen-bond acceptors (Lipinski definition) is 6. The van der Waals surface area contributed by atoms with Crippen molar-refractivity contribution < 1.29 is 27.7 Å². The molecule has 13 heteroatoms. The number of hydrogen-bond donors (Lipinski definition) is 4. The minimum atomic E-state index is -4.60. The number of halogens is 4. The van der Waals surface area contributed by atoms with Crippen LogP contribution in [0.2, 0.25) is 0 Å². The van der Waals surface area contributed by atoms with Gasteiger partial charge in [0, 0.05) is 23.9 Å². The van der Waals surface area contributed by atoms with Gasteiger partial charge in [-0.05, 0) is 51.0 Å². The van der Waals surface area contributed by atoms with Crippen LogP contribution in [0.25, 0.3) is 0 Å². The zero-order valence-electron chi connectivity index (χ0n) is 20.2. The van der Waals surface area contributed by atoms with Gasteiger partial charge in [0.05, 0.1) is 23.0 Å². The highest BCUT2D eigenvalue weighted by molar-refractivity contribution is 6.16. The predicted molar refractivity (Wildman–Crippen MR) is 130 cm³/mol. The highest BCUT2D eigenvalue weighted by atomic mass is 19.4. The third kappa shape index (κ3) is 5.07. The number of nitrogens with one attached hydrogen (secondary N) is 2. The number of benzene rings is 1. The van der Waals surface area contributed by atoms with Crippen molar-refractivity contribution in [2.75, 3.05) is 22.5 Å². The number of quaternary nitrogens is 1. The molecule has 3 aromatic rings. The van der Waals surface area contributed by atoms with E-state index in [2.05, 4.69) is 20.3 Å². The van der Waals surface area contributed by atoms with E-state index < -0.39 is 23.6 Å². The zero-order valence-corrected chi connectivity index (χ0v) is 20.2. The Morgan fingerprint density at radius 1 is 1.24 bits per heavy atom. The number of nitrogens with zero attached hydrogens (tertiary/aromatic N) is 4. The number of carbonyl (C=O) groups is 1. The minimum Gasteiger partial charge on any atom is -0.383 e. The number of aryl methyl sites for hydroxylation is 1. The van der Waals surface area contributed by atoms with Crippen LogP contribution >= 0.6 is 0 Å². The summed E-state index contributed by atoms with van der Waals surface area (Å²) in [5.41, 5.74) is 5.45. The highest BCUT2D eigenvalue weighted by Gasteiger charge is 2.34. The summed E-state index contributed by atoms with van der Waals surface area (Å²) < 4.78 is 55.3. The molecule has 0 atom stereocenters. The number of rotatable bonds is 5. The van der Waals surface area contributed by atoms with E-state index in [9.17, 15) is 18.0 Å². The molecule has 4 rings (SSSR count). The number of pyridine rings is 1. The second kappa shape index (κ2) is 9.73. The van der Waals surface area contributed by atoms with E-state index in [0.717, 1.165) is 12.3 Å². The molecule has 37 heavy (non-hydrogen) atoms. The maximum Gasteiger partial charge on any atom is 0.416 e. The summed E-state index contributed by atoms with van der Waals surface area (Å²) in [7, 11) is 0. The van der Waals surface area contributed by atoms with Crippen LogP contribution in [0, 0.1) is 18.2 Å². The standard InChI is InChI=1S/C24H24F4N8O/c1-11(2)34-22-18(21(30)32-10-33-22)20(29)14-4-5-16-13(19(14)25)6-7-36(16)23(37)35-17-8-15(24(26,27)28)12(3)9-31-17/h4-5,8-11,29H,6-7H2,1-3H3,(H,31,35,37)(H3,30,32,33,34)/p+1. The van der Waals surface area contributed by atoms with Crippen molar-refractivity contribution in [3.8, 4) is 0 Å². The van der Waals surface area contributed by atoms with Gasteiger partial charge in [-0.25, -0.2) is 19.2 Å². The first-order valence-corrected chi connectivity index (χ1v) is 11.4. The number of amides is 2. The lowest BCUT2D eigenvalue weighted by atomic mass is 9.98. The lowest BCUT2D eigenvalue weighted by molar-refractivity contribution is -0.606. The molecule has 0 spiro atoms. The molecular weight excluding hydrogens is 492 g/mol. The largest absolute Gasteiger partial charge is 0.416 e. The van der Waals surface area contributed by atoms with Gasteiger partial charge in [0.25, 0.3) is 0 Å². The van der Waals surface area contributed by atoms with Crippen molar-refractivity contribution in [1.82, 2.24) is 15.0 Å². The van der Waals surface area contributed by atoms with Gasteiger partial charge in [-0.3, -0.25) is 20.9 Å². The van der Waals surface area contributed by atoms with Crippen LogP contribution in [0.3, 0.4) is 0 Å². The van der Waals surface area contributed by atoms with Gasteiger partial charge in [-0.2, -0.15) is 18.2 Å². The van der Waals surface area contributed by atoms with E-state index in [4.69, 9.17) is 11.1 Å². The van der Waals surface area contributed by atoms with E-state index in [-0.39, 0.29) is 64.3 Å². The van der Waals surface area contributed by atoms with Crippen molar-refractivity contribution >= 4 is 34.9 Å². The van der Waals surface area contributed by atoms with Crippen molar-refractivity contribution in [2.45, 2.75) is 39.4 Å². The van der Waals surface area contributed by atoms with Gasteiger partial charge in [0.1, 0.15) is 29.3 Å². The molecule has 6 N–H and O–H groups in total. The van der Waals surface area contributed by atoms with E-state index >= 15 is 4.39 Å². The Hall–Kier alpha value is -4.13. The average molecular weight is 518 g/mol. The molecule has 0 aliphatic carbocycles. The number of fused-ring (bicyclic) bond motifs is 1. The van der Waals surface area contributed by atoms with Gasteiger partial charge in [-0.15, -0.1) is 0 Å². The van der Waals surface area contributed by atoms with Gasteiger partial charge in [0.2, 0.25) is 5.82 Å². The quantitative estimate of drug-likeness (QED) is 0.303. The number of anilines is 3. The Bertz CT molecular complexity index is 1390. The fourth-order valence-corrected chi connectivity index (χ4v) is 4.17. The summed E-state index contributed by atoms with van der Waals surface area (Å²) in [6, 6.07) is 2.95. The smallest absolute Gasteiger partial charge is 0.383 e. The van der Waals surface area contributed by atoms with Crippen LogP contribution in [-0.2, 0) is 12.6 Å². The lowest BCUT2D eigenvalue weighted by Crippen LogP contribution is -2.83. The molecule has 0 unspecified atom stereocenters. The Balaban J connectivity index is 1.62. The molecule has 1 aliphatic rings. The maximum atomic E-state index is 15.6. The SMILES string of the molecule is Cc1cnc(NC(=O)N2CCc3c2ccc(C(=N)c2c(N)ncnc2[NH2+]C(C)C)c3F)cc1C(F)(F)F. The van der Waals surface area contributed by atoms with Crippen molar-refractivity contribution in [3.63, 3.8) is 0 Å². The summed E-state index contributed by atoms with van der Waals surface area (Å²) >= 11 is 0. The number of aromatic nitrogens is 3. The number of alkyl halides is 3. The number of nitrogen functional groups attached to an aromatic ring is 1. The summed E-state index contributed by atoms with van der Waals surface area (Å²) in [5.74, 6) is -0.512. The van der Waals surface area contributed by atoms with Crippen LogP contribution < -0.4 is 21.3 Å². The Labute approximate surface area is 209 Å². The summed E-state index contributed by atoms with van der Waals surface area (Å²) in [6.45, 7) is 5.22. The zero-order chi connectivity index (χ0) is 27.1. The number of urea groups is 1. The lowest BCUT2D eigenvalue weighted by Gasteiger charge is -2.19. The van der Waals surface area contributed by atoms with Gasteiger partial charge in [-0.1, -0.05) is 0 Å². The minimum absolute atomic E-state index is 0.0315. The fraction of sp³-hybridized carbons (Fsp3) is 0.292. The first-order chi connectivity index (χ1) is 17.4. The number of carbonyl (C=O) groups excluding carboxylic acids is 1. The predicted octanol–water partition coefficient (Wildman–Crippen LogP) is 3.53. The Morgan fingerprint density at radius 3 is 2.65 bits per heavy atom. The maximum absolute atomic E-state index is 15.6. The van der Waals surface area contributed by atoms with Crippen LogP contribution in [0.5, 0.6) is 0 Å². The van der Waals surface area contributed by atoms with Gasteiger partial charge >= 0.3 is 12.2 Å². The summed E-state index contributed by atoms with van der Waals surface area (Å²) in [6.07, 6.45) is -2.15. The second-order valence-electron chi connectivity index (χ2n) is 8.94. The van der Waals surface area contributed by atoms with E-state index in [0.29, 0.717) is 5.82 Å². The van der Waals surface area contributed by atoms with Crippen molar-refractivity contribution in [3.05, 3.63) is 64.4 Å². The normalized spacial score (nSPS) is 13.1. The molecule has 1 aromatic carbocycles. The number of nitrogens with two attached hydrogens (primary N) is 2.